The molecule has 0 atom stereocenters. The topological polar surface area (TPSA) is 129 Å². The number of ether oxygens (including phenoxy) is 1. The molecule has 0 spiro atoms. The highest BCUT2D eigenvalue weighted by Crippen LogP contribution is 2.17. The van der Waals surface area contributed by atoms with Gasteiger partial charge in [0, 0.05) is 18.4 Å². The first kappa shape index (κ1) is 20.5. The predicted octanol–water partition coefficient (Wildman–Crippen LogP) is 1.05. The van der Waals surface area contributed by atoms with Crippen molar-refractivity contribution in [2.75, 3.05) is 6.61 Å². The lowest BCUT2D eigenvalue weighted by molar-refractivity contribution is -0.139. The zero-order valence-corrected chi connectivity index (χ0v) is 15.9. The van der Waals surface area contributed by atoms with Gasteiger partial charge in [-0.1, -0.05) is 24.3 Å². The summed E-state index contributed by atoms with van der Waals surface area (Å²) in [6, 6.07) is 14.8. The van der Waals surface area contributed by atoms with Crippen LogP contribution in [0, 0.1) is 11.3 Å². The molecule has 1 aliphatic heterocycles. The van der Waals surface area contributed by atoms with E-state index >= 15 is 0 Å². The second-order valence-corrected chi connectivity index (χ2v) is 6.47. The van der Waals surface area contributed by atoms with Crippen molar-refractivity contribution in [2.24, 2.45) is 0 Å². The summed E-state index contributed by atoms with van der Waals surface area (Å²) in [5.41, 5.74) is 5.79. The van der Waals surface area contributed by atoms with Crippen LogP contribution in [-0.2, 0) is 20.9 Å². The van der Waals surface area contributed by atoms with E-state index in [1.807, 2.05) is 6.07 Å². The SMILES string of the molecule is N#Cc1ccccc1OCC(=O)NNC(=O)c1ccc(CN2C(=O)CCC2=O)cc1. The first-order valence-electron chi connectivity index (χ1n) is 9.11. The molecule has 0 unspecified atom stereocenters. The summed E-state index contributed by atoms with van der Waals surface area (Å²) in [5.74, 6) is -1.28. The maximum Gasteiger partial charge on any atom is 0.276 e. The fourth-order valence-corrected chi connectivity index (χ4v) is 2.81. The van der Waals surface area contributed by atoms with Crippen LogP contribution in [0.4, 0.5) is 0 Å². The molecule has 0 aromatic heterocycles. The van der Waals surface area contributed by atoms with Gasteiger partial charge in [0.05, 0.1) is 12.1 Å². The van der Waals surface area contributed by atoms with Crippen LogP contribution in [0.5, 0.6) is 5.75 Å². The van der Waals surface area contributed by atoms with Crippen molar-refractivity contribution in [1.82, 2.24) is 15.8 Å². The van der Waals surface area contributed by atoms with E-state index in [-0.39, 0.29) is 49.1 Å². The molecule has 0 aliphatic carbocycles. The van der Waals surface area contributed by atoms with Crippen molar-refractivity contribution in [3.8, 4) is 11.8 Å². The molecular formula is C21H18N4O5. The Hall–Kier alpha value is -4.19. The molecule has 0 radical (unpaired) electrons. The molecule has 1 saturated heterocycles. The largest absolute Gasteiger partial charge is 0.482 e. The Morgan fingerprint density at radius 2 is 1.67 bits per heavy atom. The first-order valence-corrected chi connectivity index (χ1v) is 9.11. The predicted molar refractivity (Wildman–Crippen MR) is 103 cm³/mol. The molecule has 3 rings (SSSR count). The fraction of sp³-hybridized carbons (Fsp3) is 0.190. The van der Waals surface area contributed by atoms with E-state index < -0.39 is 11.8 Å². The van der Waals surface area contributed by atoms with Crippen LogP contribution in [-0.4, -0.2) is 35.1 Å². The number of amides is 4. The summed E-state index contributed by atoms with van der Waals surface area (Å²) in [6.07, 6.45) is 0.454. The standard InChI is InChI=1S/C21H18N4O5/c22-11-16-3-1-2-4-17(16)30-13-18(26)23-24-21(29)15-7-5-14(6-8-15)12-25-19(27)9-10-20(25)28/h1-8H,9-10,12-13H2,(H,23,26)(H,24,29). The van der Waals surface area contributed by atoms with E-state index in [0.29, 0.717) is 11.1 Å². The summed E-state index contributed by atoms with van der Waals surface area (Å²) >= 11 is 0. The Morgan fingerprint density at radius 3 is 2.33 bits per heavy atom. The Morgan fingerprint density at radius 1 is 1.00 bits per heavy atom. The summed E-state index contributed by atoms with van der Waals surface area (Å²) in [5, 5.41) is 8.99. The number of carbonyl (C=O) groups is 4. The van der Waals surface area contributed by atoms with Crippen molar-refractivity contribution in [3.63, 3.8) is 0 Å². The Labute approximate surface area is 172 Å². The van der Waals surface area contributed by atoms with Gasteiger partial charge in [0.15, 0.2) is 6.61 Å². The number of hydrogen-bond donors (Lipinski definition) is 2. The van der Waals surface area contributed by atoms with Gasteiger partial charge in [-0.15, -0.1) is 0 Å². The van der Waals surface area contributed by atoms with Crippen LogP contribution in [0.1, 0.15) is 34.3 Å². The molecule has 9 nitrogen and oxygen atoms in total. The summed E-state index contributed by atoms with van der Waals surface area (Å²) in [4.78, 5) is 48.5. The maximum absolute atomic E-state index is 12.2. The lowest BCUT2D eigenvalue weighted by Crippen LogP contribution is -2.43. The number of para-hydroxylation sites is 1. The van der Waals surface area contributed by atoms with E-state index in [1.165, 1.54) is 17.0 Å². The highest BCUT2D eigenvalue weighted by molar-refractivity contribution is 6.01. The molecule has 30 heavy (non-hydrogen) atoms. The van der Waals surface area contributed by atoms with Gasteiger partial charge in [0.2, 0.25) is 11.8 Å². The molecule has 2 aromatic rings. The third kappa shape index (κ3) is 4.99. The van der Waals surface area contributed by atoms with Gasteiger partial charge in [-0.3, -0.25) is 34.9 Å². The van der Waals surface area contributed by atoms with E-state index in [9.17, 15) is 19.2 Å². The molecule has 0 saturated carbocycles. The second kappa shape index (κ2) is 9.34. The van der Waals surface area contributed by atoms with Crippen LogP contribution >= 0.6 is 0 Å². The van der Waals surface area contributed by atoms with Crippen LogP contribution < -0.4 is 15.6 Å². The molecule has 1 heterocycles. The van der Waals surface area contributed by atoms with Crippen LogP contribution in [0.25, 0.3) is 0 Å². The molecule has 152 valence electrons. The third-order valence-corrected chi connectivity index (χ3v) is 4.39. The number of nitrogens with zero attached hydrogens (tertiary/aromatic N) is 2. The van der Waals surface area contributed by atoms with Crippen molar-refractivity contribution < 1.29 is 23.9 Å². The summed E-state index contributed by atoms with van der Waals surface area (Å²) < 4.78 is 5.28. The molecule has 2 N–H and O–H groups in total. The van der Waals surface area contributed by atoms with Gasteiger partial charge in [-0.25, -0.2) is 0 Å². The summed E-state index contributed by atoms with van der Waals surface area (Å²) in [7, 11) is 0. The van der Waals surface area contributed by atoms with Gasteiger partial charge in [-0.2, -0.15) is 5.26 Å². The number of nitrogens with one attached hydrogen (secondary N) is 2. The fourth-order valence-electron chi connectivity index (χ4n) is 2.81. The number of carbonyl (C=O) groups excluding carboxylic acids is 4. The highest BCUT2D eigenvalue weighted by atomic mass is 16.5. The monoisotopic (exact) mass is 406 g/mol. The van der Waals surface area contributed by atoms with E-state index in [0.717, 1.165) is 0 Å². The van der Waals surface area contributed by atoms with Gasteiger partial charge in [-0.05, 0) is 29.8 Å². The minimum absolute atomic E-state index is 0.164. The quantitative estimate of drug-likeness (QED) is 0.545. The van der Waals surface area contributed by atoms with Gasteiger partial charge >= 0.3 is 0 Å². The number of hydrogen-bond acceptors (Lipinski definition) is 6. The average molecular weight is 406 g/mol. The van der Waals surface area contributed by atoms with Crippen LogP contribution in [0.2, 0.25) is 0 Å². The average Bonchev–Trinajstić information content (AvgIpc) is 3.08. The maximum atomic E-state index is 12.2. The molecule has 4 amide bonds. The van der Waals surface area contributed by atoms with Crippen molar-refractivity contribution in [3.05, 3.63) is 65.2 Å². The Bertz CT molecular complexity index is 1010. The van der Waals surface area contributed by atoms with Crippen LogP contribution in [0.15, 0.2) is 48.5 Å². The zero-order chi connectivity index (χ0) is 21.5. The number of benzene rings is 2. The lowest BCUT2D eigenvalue weighted by Gasteiger charge is -2.14. The van der Waals surface area contributed by atoms with Gasteiger partial charge in [0.1, 0.15) is 11.8 Å². The Balaban J connectivity index is 1.47. The summed E-state index contributed by atoms with van der Waals surface area (Å²) in [6.45, 7) is -0.215. The molecule has 1 aliphatic rings. The number of rotatable bonds is 6. The van der Waals surface area contributed by atoms with Crippen molar-refractivity contribution >= 4 is 23.6 Å². The van der Waals surface area contributed by atoms with Gasteiger partial charge < -0.3 is 4.74 Å². The third-order valence-electron chi connectivity index (χ3n) is 4.39. The second-order valence-electron chi connectivity index (χ2n) is 6.47. The minimum atomic E-state index is -0.598. The molecule has 1 fully saturated rings. The lowest BCUT2D eigenvalue weighted by atomic mass is 10.1. The van der Waals surface area contributed by atoms with Crippen molar-refractivity contribution in [1.29, 1.82) is 5.26 Å². The number of likely N-dealkylation sites (tertiary alicyclic amines) is 1. The van der Waals surface area contributed by atoms with E-state index in [2.05, 4.69) is 10.9 Å². The van der Waals surface area contributed by atoms with E-state index in [4.69, 9.17) is 10.00 Å². The molecular weight excluding hydrogens is 388 g/mol. The molecule has 9 heteroatoms. The minimum Gasteiger partial charge on any atom is -0.482 e. The molecule has 2 aromatic carbocycles. The molecule has 0 bridgehead atoms. The highest BCUT2D eigenvalue weighted by Gasteiger charge is 2.28. The first-order chi connectivity index (χ1) is 14.5. The Kier molecular flexibility index (Phi) is 6.39. The van der Waals surface area contributed by atoms with E-state index in [1.54, 1.807) is 36.4 Å². The van der Waals surface area contributed by atoms with Gasteiger partial charge in [0.25, 0.3) is 11.8 Å². The number of hydrazine groups is 1. The zero-order valence-electron chi connectivity index (χ0n) is 15.9. The normalized spacial score (nSPS) is 13.0. The van der Waals surface area contributed by atoms with Crippen LogP contribution in [0.3, 0.4) is 0 Å². The number of imide groups is 1. The number of nitriles is 1. The smallest absolute Gasteiger partial charge is 0.276 e. The van der Waals surface area contributed by atoms with Crippen molar-refractivity contribution in [2.45, 2.75) is 19.4 Å².